The van der Waals surface area contributed by atoms with Gasteiger partial charge in [-0.15, -0.1) is 0 Å². The van der Waals surface area contributed by atoms with E-state index in [1.165, 1.54) is 0 Å². The number of amides is 1. The summed E-state index contributed by atoms with van der Waals surface area (Å²) in [4.78, 5) is 26.6. The fourth-order valence-electron chi connectivity index (χ4n) is 2.46. The molecule has 0 spiro atoms. The summed E-state index contributed by atoms with van der Waals surface area (Å²) in [6.07, 6.45) is 1.49. The molecule has 0 aromatic carbocycles. The van der Waals surface area contributed by atoms with E-state index in [0.29, 0.717) is 32.8 Å². The molecule has 2 aliphatic rings. The molecule has 2 saturated heterocycles. The maximum atomic E-state index is 12.1. The number of ether oxygens (including phenoxy) is 1. The number of aliphatic carboxylic acids is 1. The summed E-state index contributed by atoms with van der Waals surface area (Å²) in [7, 11) is 0. The van der Waals surface area contributed by atoms with Crippen LogP contribution in [0.1, 0.15) is 19.8 Å². The molecule has 2 rings (SSSR count). The van der Waals surface area contributed by atoms with E-state index in [0.717, 1.165) is 12.8 Å². The summed E-state index contributed by atoms with van der Waals surface area (Å²) in [6.45, 7) is 4.77. The number of carboxylic acids is 1. The van der Waals surface area contributed by atoms with Gasteiger partial charge in [-0.25, -0.2) is 0 Å². The zero-order valence-corrected chi connectivity index (χ0v) is 10.7. The molecule has 2 atom stereocenters. The van der Waals surface area contributed by atoms with Gasteiger partial charge < -0.3 is 14.7 Å². The van der Waals surface area contributed by atoms with Gasteiger partial charge in [0.25, 0.3) is 5.91 Å². The van der Waals surface area contributed by atoms with Gasteiger partial charge >= 0.3 is 5.97 Å². The summed E-state index contributed by atoms with van der Waals surface area (Å²) in [6, 6.07) is -0.481. The lowest BCUT2D eigenvalue weighted by Crippen LogP contribution is -2.54. The van der Waals surface area contributed by atoms with E-state index in [-0.39, 0.29) is 12.0 Å². The number of hydrogen-bond acceptors (Lipinski definition) is 4. The van der Waals surface area contributed by atoms with E-state index in [1.54, 1.807) is 11.8 Å². The van der Waals surface area contributed by atoms with Crippen LogP contribution in [-0.2, 0) is 14.3 Å². The summed E-state index contributed by atoms with van der Waals surface area (Å²) < 4.78 is 5.38. The third kappa shape index (κ3) is 2.81. The first kappa shape index (κ1) is 13.3. The van der Waals surface area contributed by atoms with Crippen molar-refractivity contribution in [2.75, 3.05) is 32.8 Å². The van der Waals surface area contributed by atoms with Crippen molar-refractivity contribution >= 4 is 11.9 Å². The Balaban J connectivity index is 1.82. The topological polar surface area (TPSA) is 70.1 Å². The minimum atomic E-state index is -0.811. The highest BCUT2D eigenvalue weighted by atomic mass is 16.5. The van der Waals surface area contributed by atoms with Crippen LogP contribution in [0.3, 0.4) is 0 Å². The normalized spacial score (nSPS) is 27.2. The Kier molecular flexibility index (Phi) is 4.19. The van der Waals surface area contributed by atoms with Crippen molar-refractivity contribution in [3.05, 3.63) is 0 Å². The third-order valence-corrected chi connectivity index (χ3v) is 3.74. The predicted octanol–water partition coefficient (Wildman–Crippen LogP) is -0.217. The second kappa shape index (κ2) is 5.67. The van der Waals surface area contributed by atoms with Crippen molar-refractivity contribution in [1.82, 2.24) is 9.80 Å². The van der Waals surface area contributed by atoms with Crippen molar-refractivity contribution in [2.24, 2.45) is 0 Å². The SMILES string of the molecule is CC(C(=O)O)N1CCN(C(=O)C2CCCO2)CC1. The lowest BCUT2D eigenvalue weighted by atomic mass is 10.2. The Morgan fingerprint density at radius 3 is 2.44 bits per heavy atom. The van der Waals surface area contributed by atoms with E-state index in [4.69, 9.17) is 9.84 Å². The minimum absolute atomic E-state index is 0.0649. The van der Waals surface area contributed by atoms with Crippen LogP contribution >= 0.6 is 0 Å². The van der Waals surface area contributed by atoms with Crippen molar-refractivity contribution < 1.29 is 19.4 Å². The molecule has 2 fully saturated rings. The van der Waals surface area contributed by atoms with E-state index in [9.17, 15) is 9.59 Å². The number of carbonyl (C=O) groups is 2. The van der Waals surface area contributed by atoms with Crippen molar-refractivity contribution in [3.63, 3.8) is 0 Å². The molecular formula is C12H20N2O4. The van der Waals surface area contributed by atoms with Gasteiger partial charge in [-0.05, 0) is 19.8 Å². The average molecular weight is 256 g/mol. The Hall–Kier alpha value is -1.14. The van der Waals surface area contributed by atoms with Gasteiger partial charge in [0.1, 0.15) is 12.1 Å². The molecule has 2 heterocycles. The Labute approximate surface area is 106 Å². The summed E-state index contributed by atoms with van der Waals surface area (Å²) in [5.41, 5.74) is 0. The zero-order chi connectivity index (χ0) is 13.1. The molecule has 0 radical (unpaired) electrons. The monoisotopic (exact) mass is 256 g/mol. The van der Waals surface area contributed by atoms with Crippen LogP contribution in [0.5, 0.6) is 0 Å². The van der Waals surface area contributed by atoms with Crippen LogP contribution in [0, 0.1) is 0 Å². The van der Waals surface area contributed by atoms with Crippen molar-refractivity contribution in [3.8, 4) is 0 Å². The number of carbonyl (C=O) groups excluding carboxylic acids is 1. The predicted molar refractivity (Wildman–Crippen MR) is 64.2 cm³/mol. The van der Waals surface area contributed by atoms with Crippen molar-refractivity contribution in [2.45, 2.75) is 31.9 Å². The zero-order valence-electron chi connectivity index (χ0n) is 10.7. The van der Waals surface area contributed by atoms with Crippen LogP contribution in [0.2, 0.25) is 0 Å². The highest BCUT2D eigenvalue weighted by molar-refractivity contribution is 5.81. The number of carboxylic acid groups (broad SMARTS) is 1. The largest absolute Gasteiger partial charge is 0.480 e. The van der Waals surface area contributed by atoms with Gasteiger partial charge in [0.2, 0.25) is 0 Å². The molecule has 1 amide bonds. The Bertz CT molecular complexity index is 320. The molecule has 2 aliphatic heterocycles. The first-order valence-electron chi connectivity index (χ1n) is 6.47. The van der Waals surface area contributed by atoms with Gasteiger partial charge in [0.15, 0.2) is 0 Å². The highest BCUT2D eigenvalue weighted by Gasteiger charge is 2.32. The maximum Gasteiger partial charge on any atom is 0.320 e. The molecule has 0 saturated carbocycles. The quantitative estimate of drug-likeness (QED) is 0.756. The van der Waals surface area contributed by atoms with Crippen LogP contribution in [-0.4, -0.2) is 71.7 Å². The number of nitrogens with zero attached hydrogens (tertiary/aromatic N) is 2. The highest BCUT2D eigenvalue weighted by Crippen LogP contribution is 2.16. The molecule has 1 N–H and O–H groups in total. The summed E-state index contributed by atoms with van der Waals surface area (Å²) >= 11 is 0. The van der Waals surface area contributed by atoms with Gasteiger partial charge in [-0.2, -0.15) is 0 Å². The first-order valence-corrected chi connectivity index (χ1v) is 6.47. The van der Waals surface area contributed by atoms with Gasteiger partial charge in [0, 0.05) is 32.8 Å². The van der Waals surface area contributed by atoms with Crippen LogP contribution < -0.4 is 0 Å². The first-order chi connectivity index (χ1) is 8.59. The number of piperazine rings is 1. The molecule has 102 valence electrons. The smallest absolute Gasteiger partial charge is 0.320 e. The molecule has 0 aliphatic carbocycles. The van der Waals surface area contributed by atoms with E-state index < -0.39 is 12.0 Å². The molecule has 0 bridgehead atoms. The molecule has 2 unspecified atom stereocenters. The fraction of sp³-hybridized carbons (Fsp3) is 0.833. The number of hydrogen-bond donors (Lipinski definition) is 1. The average Bonchev–Trinajstić information content (AvgIpc) is 2.91. The molecule has 18 heavy (non-hydrogen) atoms. The molecular weight excluding hydrogens is 236 g/mol. The number of rotatable bonds is 3. The Morgan fingerprint density at radius 1 is 1.28 bits per heavy atom. The second-order valence-electron chi connectivity index (χ2n) is 4.88. The van der Waals surface area contributed by atoms with Gasteiger partial charge in [-0.3, -0.25) is 14.5 Å². The van der Waals surface area contributed by atoms with E-state index in [1.807, 2.05) is 4.90 Å². The van der Waals surface area contributed by atoms with E-state index >= 15 is 0 Å². The standard InChI is InChI=1S/C12H20N2O4/c1-9(12(16)17)13-4-6-14(7-5-13)11(15)10-3-2-8-18-10/h9-10H,2-8H2,1H3,(H,16,17). The maximum absolute atomic E-state index is 12.1. The molecule has 0 aromatic heterocycles. The molecule has 0 aromatic rings. The van der Waals surface area contributed by atoms with Gasteiger partial charge in [0.05, 0.1) is 0 Å². The van der Waals surface area contributed by atoms with E-state index in [2.05, 4.69) is 0 Å². The summed E-state index contributed by atoms with van der Waals surface area (Å²) in [5, 5.41) is 8.94. The third-order valence-electron chi connectivity index (χ3n) is 3.74. The fourth-order valence-corrected chi connectivity index (χ4v) is 2.46. The lowest BCUT2D eigenvalue weighted by Gasteiger charge is -2.37. The molecule has 6 nitrogen and oxygen atoms in total. The minimum Gasteiger partial charge on any atom is -0.480 e. The van der Waals surface area contributed by atoms with Crippen LogP contribution in [0.15, 0.2) is 0 Å². The lowest BCUT2D eigenvalue weighted by molar-refractivity contribution is -0.146. The molecule has 6 heteroatoms. The second-order valence-corrected chi connectivity index (χ2v) is 4.88. The van der Waals surface area contributed by atoms with Crippen LogP contribution in [0.25, 0.3) is 0 Å². The van der Waals surface area contributed by atoms with Gasteiger partial charge in [-0.1, -0.05) is 0 Å². The van der Waals surface area contributed by atoms with Crippen LogP contribution in [0.4, 0.5) is 0 Å². The van der Waals surface area contributed by atoms with Crippen molar-refractivity contribution in [1.29, 1.82) is 0 Å². The summed E-state index contributed by atoms with van der Waals surface area (Å²) in [5.74, 6) is -0.746. The Morgan fingerprint density at radius 2 is 1.94 bits per heavy atom.